The summed E-state index contributed by atoms with van der Waals surface area (Å²) in [7, 11) is 36.9. The first-order chi connectivity index (χ1) is 28.6. The van der Waals surface area contributed by atoms with Gasteiger partial charge in [-0.3, -0.25) is 9.59 Å². The molecule has 0 rings (SSSR count). The maximum absolute atomic E-state index is 10.3. The number of carboxylic acid groups (broad SMARTS) is 5. The van der Waals surface area contributed by atoms with Crippen LogP contribution in [0.4, 0.5) is 0 Å². The Balaban J connectivity index is -0.0000000812. The zero-order valence-electron chi connectivity index (χ0n) is 43.4. The number of hydrogen-bond donors (Lipinski definition) is 14. The van der Waals surface area contributed by atoms with Crippen molar-refractivity contribution in [3.63, 3.8) is 0 Å². The van der Waals surface area contributed by atoms with Crippen molar-refractivity contribution in [2.24, 2.45) is 0 Å². The van der Waals surface area contributed by atoms with Gasteiger partial charge in [-0.15, -0.1) is 12.4 Å². The van der Waals surface area contributed by atoms with Crippen molar-refractivity contribution in [1.29, 1.82) is 0 Å². The second kappa shape index (κ2) is 42.2. The SMILES string of the molecule is C[N+](C)(C)CCO.C[N+](C)(C)CCO.C[N+](C)(C)CCO.C[N+](C)(C)CCO.C[N+](C)(C)CCO.C[N+](C)(C)CCO.Cl.O=C(O)C(O)C(O)C(=O)O.O=C(O)CC(O)(CC(=O)O)C(=O)O. The highest BCUT2D eigenvalue weighted by molar-refractivity contribution is 5.88. The Morgan fingerprint density at radius 1 is 0.364 bits per heavy atom. The molecule has 0 aliphatic heterocycles. The summed E-state index contributed by atoms with van der Waals surface area (Å²) in [5, 5.41) is 117. The van der Waals surface area contributed by atoms with Crippen LogP contribution in [0.1, 0.15) is 12.8 Å². The van der Waals surface area contributed by atoms with Crippen LogP contribution in [-0.2, 0) is 24.0 Å². The van der Waals surface area contributed by atoms with Crippen LogP contribution in [-0.4, -0.2) is 352 Å². The molecule has 0 aromatic heterocycles. The van der Waals surface area contributed by atoms with Crippen molar-refractivity contribution in [3.8, 4) is 0 Å². The van der Waals surface area contributed by atoms with Crippen molar-refractivity contribution < 1.29 is 122 Å². The number of hydrogen-bond acceptors (Lipinski definition) is 14. The van der Waals surface area contributed by atoms with E-state index in [1.54, 1.807) is 0 Å². The predicted molar refractivity (Wildman–Crippen MR) is 252 cm³/mol. The van der Waals surface area contributed by atoms with E-state index in [2.05, 4.69) is 127 Å². The lowest BCUT2D eigenvalue weighted by Crippen LogP contribution is -2.42. The van der Waals surface area contributed by atoms with Gasteiger partial charge in [0.05, 0.1) is 179 Å². The second-order valence-corrected chi connectivity index (χ2v) is 20.5. The maximum atomic E-state index is 10.3. The van der Waals surface area contributed by atoms with E-state index >= 15 is 0 Å². The van der Waals surface area contributed by atoms with Crippen LogP contribution in [0.15, 0.2) is 0 Å². The monoisotopic (exact) mass is 1000 g/mol. The number of carbonyl (C=O) groups is 5. The lowest BCUT2D eigenvalue weighted by Gasteiger charge is -2.21. The van der Waals surface area contributed by atoms with E-state index in [9.17, 15) is 24.0 Å². The number of rotatable bonds is 20. The van der Waals surface area contributed by atoms with Gasteiger partial charge in [-0.25, -0.2) is 14.4 Å². The van der Waals surface area contributed by atoms with Crippen LogP contribution in [0, 0.1) is 0 Å². The predicted octanol–water partition coefficient (Wildman–Crippen LogP) is -4.84. The van der Waals surface area contributed by atoms with Gasteiger partial charge in [0.25, 0.3) is 0 Å². The second-order valence-electron chi connectivity index (χ2n) is 20.5. The molecule has 26 heteroatoms. The summed E-state index contributed by atoms with van der Waals surface area (Å²) in [6, 6.07) is 0. The summed E-state index contributed by atoms with van der Waals surface area (Å²) < 4.78 is 5.06. The Kier molecular flexibility index (Phi) is 53.1. The molecule has 2 unspecified atom stereocenters. The highest BCUT2D eigenvalue weighted by Gasteiger charge is 2.40. The maximum Gasteiger partial charge on any atom is 0.336 e. The molecule has 0 aliphatic carbocycles. The van der Waals surface area contributed by atoms with Crippen LogP contribution in [0.3, 0.4) is 0 Å². The number of likely N-dealkylation sites (N-methyl/N-ethyl adjacent to an activating group) is 6. The van der Waals surface area contributed by atoms with Crippen LogP contribution >= 0.6 is 12.4 Å². The summed E-state index contributed by atoms with van der Waals surface area (Å²) in [4.78, 5) is 50.0. The van der Waals surface area contributed by atoms with Crippen LogP contribution in [0.5, 0.6) is 0 Å². The lowest BCUT2D eigenvalue weighted by molar-refractivity contribution is -0.870. The molecule has 0 radical (unpaired) electrons. The molecule has 0 spiro atoms. The Hall–Kier alpha value is -2.96. The van der Waals surface area contributed by atoms with Gasteiger partial charge in [0.2, 0.25) is 0 Å². The highest BCUT2D eigenvalue weighted by atomic mass is 35.5. The summed E-state index contributed by atoms with van der Waals surface area (Å²) >= 11 is 0. The fraction of sp³-hybridized carbons (Fsp3) is 0.875. The average molecular weight is 1000 g/mol. The minimum Gasteiger partial charge on any atom is -0.481 e. The third-order valence-corrected chi connectivity index (χ3v) is 6.72. The Morgan fingerprint density at radius 2 is 0.500 bits per heavy atom. The van der Waals surface area contributed by atoms with E-state index in [0.29, 0.717) is 0 Å². The van der Waals surface area contributed by atoms with E-state index < -0.39 is 60.5 Å². The molecule has 25 nitrogen and oxygen atoms in total. The van der Waals surface area contributed by atoms with Crippen molar-refractivity contribution in [2.75, 3.05) is 206 Å². The number of aliphatic carboxylic acids is 5. The minimum atomic E-state index is -2.74. The van der Waals surface area contributed by atoms with Gasteiger partial charge in [0, 0.05) is 0 Å². The molecule has 0 saturated heterocycles. The fourth-order valence-electron chi connectivity index (χ4n) is 2.78. The van der Waals surface area contributed by atoms with Crippen LogP contribution in [0.2, 0.25) is 0 Å². The Bertz CT molecular complexity index is 1050. The molecule has 0 heterocycles. The first-order valence-electron chi connectivity index (χ1n) is 20.3. The van der Waals surface area contributed by atoms with E-state index in [4.69, 9.17) is 71.5 Å². The zero-order valence-corrected chi connectivity index (χ0v) is 44.3. The molecule has 0 fully saturated rings. The summed E-state index contributed by atoms with van der Waals surface area (Å²) in [5.41, 5.74) is -2.74. The normalized spacial score (nSPS) is 12.2. The molecular formula is C40H99ClN6O19+6. The number of halogens is 1. The molecule has 0 saturated carbocycles. The molecule has 0 amide bonds. The van der Waals surface area contributed by atoms with Gasteiger partial charge in [0.1, 0.15) is 39.3 Å². The first-order valence-corrected chi connectivity index (χ1v) is 20.3. The summed E-state index contributed by atoms with van der Waals surface area (Å²) in [6.45, 7) is 6.69. The van der Waals surface area contributed by atoms with Crippen molar-refractivity contribution in [2.45, 2.75) is 30.7 Å². The fourth-order valence-corrected chi connectivity index (χ4v) is 2.78. The first kappa shape index (κ1) is 83.1. The quantitative estimate of drug-likeness (QED) is 0.0509. The smallest absolute Gasteiger partial charge is 0.336 e. The van der Waals surface area contributed by atoms with Gasteiger partial charge < -0.3 is 98.4 Å². The number of aliphatic hydroxyl groups excluding tert-OH is 8. The molecule has 404 valence electrons. The van der Waals surface area contributed by atoms with Crippen LogP contribution in [0.25, 0.3) is 0 Å². The Labute approximate surface area is 400 Å². The van der Waals surface area contributed by atoms with Gasteiger partial charge in [-0.05, 0) is 0 Å². The largest absolute Gasteiger partial charge is 0.481 e. The molecule has 14 N–H and O–H groups in total. The van der Waals surface area contributed by atoms with Crippen LogP contribution < -0.4 is 0 Å². The van der Waals surface area contributed by atoms with Gasteiger partial charge in [-0.2, -0.15) is 0 Å². The highest BCUT2D eigenvalue weighted by Crippen LogP contribution is 2.15. The average Bonchev–Trinajstić information content (AvgIpc) is 3.02. The van der Waals surface area contributed by atoms with E-state index in [0.717, 1.165) is 66.2 Å². The van der Waals surface area contributed by atoms with E-state index in [1.165, 1.54) is 0 Å². The third kappa shape index (κ3) is 91.5. The van der Waals surface area contributed by atoms with Crippen molar-refractivity contribution in [3.05, 3.63) is 0 Å². The third-order valence-electron chi connectivity index (χ3n) is 6.72. The van der Waals surface area contributed by atoms with Gasteiger partial charge in [-0.1, -0.05) is 0 Å². The number of aliphatic hydroxyl groups is 9. The Morgan fingerprint density at radius 3 is 0.545 bits per heavy atom. The molecule has 0 aliphatic rings. The molecular weight excluding hydrogens is 904 g/mol. The topological polar surface area (TPSA) is 369 Å². The molecule has 0 aromatic rings. The van der Waals surface area contributed by atoms with E-state index in [1.807, 2.05) is 0 Å². The van der Waals surface area contributed by atoms with Crippen molar-refractivity contribution >= 4 is 42.3 Å². The molecule has 0 aromatic carbocycles. The van der Waals surface area contributed by atoms with Crippen molar-refractivity contribution in [1.82, 2.24) is 0 Å². The van der Waals surface area contributed by atoms with Gasteiger partial charge >= 0.3 is 29.8 Å². The van der Waals surface area contributed by atoms with E-state index in [-0.39, 0.29) is 52.0 Å². The molecule has 2 atom stereocenters. The van der Waals surface area contributed by atoms with Gasteiger partial charge in [0.15, 0.2) is 17.8 Å². The minimum absolute atomic E-state index is 0. The molecule has 66 heavy (non-hydrogen) atoms. The number of carboxylic acids is 5. The summed E-state index contributed by atoms with van der Waals surface area (Å²) in [6.07, 6.45) is -6.82. The number of nitrogens with zero attached hydrogens (tertiary/aromatic N) is 6. The summed E-state index contributed by atoms with van der Waals surface area (Å²) in [5.74, 6) is -8.56. The number of quaternary nitrogens is 6. The molecule has 0 bridgehead atoms. The lowest BCUT2D eigenvalue weighted by atomic mass is 9.96. The zero-order chi connectivity index (χ0) is 54.4. The standard InChI is InChI=1S/C6H8O7.6C5H14NO.C4H6O6.ClH/c7-3(8)1-6(13,5(11)12)2-4(9)10;6*1-6(2,3)4-5-7;5-1(3(7)8)2(6)4(9)10;/h13H,1-2H2,(H,7,8)(H,9,10)(H,11,12);6*7H,4-5H2,1-3H3;1-2,5-6H,(H,7,8)(H,9,10);1H/q;6*+1;;.